The molecule has 3 aromatic heterocycles. The van der Waals surface area contributed by atoms with Crippen LogP contribution in [0.3, 0.4) is 0 Å². The van der Waals surface area contributed by atoms with E-state index in [-0.39, 0.29) is 6.04 Å². The number of aryl methyl sites for hydroxylation is 1. The van der Waals surface area contributed by atoms with Crippen LogP contribution in [-0.4, -0.2) is 49.3 Å². The molecule has 0 radical (unpaired) electrons. The Balaban J connectivity index is 1.49. The summed E-state index contributed by atoms with van der Waals surface area (Å²) in [6.07, 6.45) is 8.82. The van der Waals surface area contributed by atoms with Gasteiger partial charge in [0.05, 0.1) is 36.8 Å². The molecule has 2 atom stereocenters. The van der Waals surface area contributed by atoms with Gasteiger partial charge in [-0.05, 0) is 44.9 Å². The lowest BCUT2D eigenvalue weighted by Crippen LogP contribution is -2.30. The summed E-state index contributed by atoms with van der Waals surface area (Å²) >= 11 is 0. The molecule has 8 heteroatoms. The van der Waals surface area contributed by atoms with Crippen molar-refractivity contribution < 1.29 is 9.84 Å². The van der Waals surface area contributed by atoms with E-state index >= 15 is 0 Å². The van der Waals surface area contributed by atoms with E-state index in [0.29, 0.717) is 12.4 Å². The van der Waals surface area contributed by atoms with Crippen molar-refractivity contribution >= 4 is 11.4 Å². The van der Waals surface area contributed by atoms with Crippen LogP contribution in [0.25, 0.3) is 16.8 Å². The molecule has 30 heavy (non-hydrogen) atoms. The van der Waals surface area contributed by atoms with Gasteiger partial charge in [-0.25, -0.2) is 4.98 Å². The summed E-state index contributed by atoms with van der Waals surface area (Å²) in [7, 11) is 0. The average Bonchev–Trinajstić information content (AvgIpc) is 3.08. The lowest BCUT2D eigenvalue weighted by Gasteiger charge is -2.22. The topological polar surface area (TPSA) is 98.0 Å². The van der Waals surface area contributed by atoms with Crippen molar-refractivity contribution in [3.05, 3.63) is 59.9 Å². The van der Waals surface area contributed by atoms with Gasteiger partial charge in [0.1, 0.15) is 12.0 Å². The van der Waals surface area contributed by atoms with E-state index in [2.05, 4.69) is 26.3 Å². The van der Waals surface area contributed by atoms with Crippen LogP contribution in [0, 0.1) is 13.8 Å². The number of aliphatic hydroxyl groups is 1. The Morgan fingerprint density at radius 1 is 1.17 bits per heavy atom. The normalized spacial score (nSPS) is 16.1. The monoisotopic (exact) mass is 406 g/mol. The molecule has 8 nitrogen and oxygen atoms in total. The molecule has 156 valence electrons. The Morgan fingerprint density at radius 3 is 2.70 bits per heavy atom. The minimum absolute atomic E-state index is 0.278. The van der Waals surface area contributed by atoms with Gasteiger partial charge in [0.15, 0.2) is 0 Å². The van der Waals surface area contributed by atoms with Crippen LogP contribution in [0.5, 0.6) is 0 Å². The Bertz CT molecular complexity index is 1030. The van der Waals surface area contributed by atoms with Crippen molar-refractivity contribution in [3.63, 3.8) is 0 Å². The predicted molar refractivity (Wildman–Crippen MR) is 115 cm³/mol. The Kier molecular flexibility index (Phi) is 5.87. The van der Waals surface area contributed by atoms with Crippen molar-refractivity contribution in [2.45, 2.75) is 39.5 Å². The maximum atomic E-state index is 10.8. The fourth-order valence-electron chi connectivity index (χ4n) is 3.76. The van der Waals surface area contributed by atoms with E-state index in [1.54, 1.807) is 24.8 Å². The molecule has 4 rings (SSSR count). The number of rotatable bonds is 6. The van der Waals surface area contributed by atoms with Gasteiger partial charge in [-0.2, -0.15) is 5.10 Å². The number of anilines is 1. The van der Waals surface area contributed by atoms with Gasteiger partial charge in [0.25, 0.3) is 0 Å². The van der Waals surface area contributed by atoms with E-state index in [0.717, 1.165) is 41.2 Å². The number of aliphatic hydroxyl groups excluding tert-OH is 1. The number of hydrogen-bond acceptors (Lipinski definition) is 7. The first-order chi connectivity index (χ1) is 14.5. The van der Waals surface area contributed by atoms with E-state index in [9.17, 15) is 5.11 Å². The van der Waals surface area contributed by atoms with Gasteiger partial charge in [0, 0.05) is 35.4 Å². The van der Waals surface area contributed by atoms with Crippen molar-refractivity contribution in [1.82, 2.24) is 24.7 Å². The summed E-state index contributed by atoms with van der Waals surface area (Å²) in [5, 5.41) is 18.5. The van der Waals surface area contributed by atoms with Crippen molar-refractivity contribution in [2.24, 2.45) is 0 Å². The molecule has 0 amide bonds. The zero-order chi connectivity index (χ0) is 21.1. The van der Waals surface area contributed by atoms with Crippen LogP contribution in [0.4, 0.5) is 5.82 Å². The SMILES string of the molecule is Cc1nn(C(C)[C@@H](O)Nc2ccc(-c3cnccn3)cn2)c(C)c1C1=CCOCC1. The molecule has 4 heterocycles. The van der Waals surface area contributed by atoms with Crippen molar-refractivity contribution in [1.29, 1.82) is 0 Å². The van der Waals surface area contributed by atoms with E-state index in [1.807, 2.05) is 37.6 Å². The predicted octanol–water partition coefficient (Wildman–Crippen LogP) is 3.15. The molecule has 0 fully saturated rings. The summed E-state index contributed by atoms with van der Waals surface area (Å²) < 4.78 is 7.31. The van der Waals surface area contributed by atoms with Crippen LogP contribution < -0.4 is 5.32 Å². The third-order valence-corrected chi connectivity index (χ3v) is 5.37. The minimum Gasteiger partial charge on any atom is -0.377 e. The fraction of sp³-hybridized carbons (Fsp3) is 0.364. The number of pyridine rings is 1. The van der Waals surface area contributed by atoms with Crippen molar-refractivity contribution in [3.8, 4) is 11.3 Å². The first-order valence-electron chi connectivity index (χ1n) is 10.0. The highest BCUT2D eigenvalue weighted by Crippen LogP contribution is 2.29. The highest BCUT2D eigenvalue weighted by Gasteiger charge is 2.24. The minimum atomic E-state index is -0.852. The van der Waals surface area contributed by atoms with E-state index in [1.165, 1.54) is 5.57 Å². The zero-order valence-corrected chi connectivity index (χ0v) is 17.4. The maximum absolute atomic E-state index is 10.8. The highest BCUT2D eigenvalue weighted by atomic mass is 16.5. The highest BCUT2D eigenvalue weighted by molar-refractivity contribution is 5.69. The summed E-state index contributed by atoms with van der Waals surface area (Å²) in [5.74, 6) is 0.580. The molecule has 0 spiro atoms. The molecule has 3 aromatic rings. The Hall–Kier alpha value is -3.10. The number of nitrogens with zero attached hydrogens (tertiary/aromatic N) is 5. The number of ether oxygens (including phenoxy) is 1. The van der Waals surface area contributed by atoms with Crippen molar-refractivity contribution in [2.75, 3.05) is 18.5 Å². The van der Waals surface area contributed by atoms with Crippen LogP contribution >= 0.6 is 0 Å². The average molecular weight is 406 g/mol. The molecule has 1 unspecified atom stereocenters. The molecule has 0 saturated heterocycles. The summed E-state index contributed by atoms with van der Waals surface area (Å²) in [6.45, 7) is 7.35. The smallest absolute Gasteiger partial charge is 0.148 e. The molecule has 0 aromatic carbocycles. The molecular formula is C22H26N6O2. The summed E-state index contributed by atoms with van der Waals surface area (Å²) in [4.78, 5) is 12.7. The lowest BCUT2D eigenvalue weighted by atomic mass is 10.00. The molecule has 0 bridgehead atoms. The molecular weight excluding hydrogens is 380 g/mol. The van der Waals surface area contributed by atoms with E-state index < -0.39 is 6.23 Å². The first kappa shape index (κ1) is 20.2. The number of aromatic nitrogens is 5. The van der Waals surface area contributed by atoms with Crippen LogP contribution in [0.2, 0.25) is 0 Å². The number of hydrogen-bond donors (Lipinski definition) is 2. The van der Waals surface area contributed by atoms with Gasteiger partial charge in [0.2, 0.25) is 0 Å². The second-order valence-electron chi connectivity index (χ2n) is 7.40. The second-order valence-corrected chi connectivity index (χ2v) is 7.40. The van der Waals surface area contributed by atoms with Gasteiger partial charge < -0.3 is 15.2 Å². The Morgan fingerprint density at radius 2 is 2.03 bits per heavy atom. The third-order valence-electron chi connectivity index (χ3n) is 5.37. The van der Waals surface area contributed by atoms with Crippen LogP contribution in [-0.2, 0) is 4.74 Å². The molecule has 1 aliphatic rings. The first-order valence-corrected chi connectivity index (χ1v) is 10.0. The standard InChI is InChI=1S/C22H26N6O2/c1-14-21(17-6-10-30-11-7-17)15(2)28(27-14)16(3)22(29)26-20-5-4-18(12-25-20)19-13-23-8-9-24-19/h4-6,8-9,12-13,16,22,29H,7,10-11H2,1-3H3,(H,25,26)/t16?,22-/m1/s1. The zero-order valence-electron chi connectivity index (χ0n) is 17.4. The molecule has 0 aliphatic carbocycles. The van der Waals surface area contributed by atoms with E-state index in [4.69, 9.17) is 9.84 Å². The maximum Gasteiger partial charge on any atom is 0.148 e. The summed E-state index contributed by atoms with van der Waals surface area (Å²) in [5.41, 5.74) is 6.04. The number of nitrogens with one attached hydrogen (secondary N) is 1. The Labute approximate surface area is 175 Å². The molecule has 1 aliphatic heterocycles. The third kappa shape index (κ3) is 4.10. The van der Waals surface area contributed by atoms with Gasteiger partial charge >= 0.3 is 0 Å². The van der Waals surface area contributed by atoms with Gasteiger partial charge in [-0.3, -0.25) is 14.6 Å². The fourth-order valence-corrected chi connectivity index (χ4v) is 3.76. The van der Waals surface area contributed by atoms with Gasteiger partial charge in [-0.1, -0.05) is 6.08 Å². The van der Waals surface area contributed by atoms with Crippen LogP contribution in [0.15, 0.2) is 43.0 Å². The largest absolute Gasteiger partial charge is 0.377 e. The molecule has 0 saturated carbocycles. The quantitative estimate of drug-likeness (QED) is 0.607. The summed E-state index contributed by atoms with van der Waals surface area (Å²) in [6, 6.07) is 3.44. The van der Waals surface area contributed by atoms with Gasteiger partial charge in [-0.15, -0.1) is 0 Å². The van der Waals surface area contributed by atoms with Crippen LogP contribution in [0.1, 0.15) is 36.3 Å². The second kappa shape index (κ2) is 8.73. The lowest BCUT2D eigenvalue weighted by molar-refractivity contribution is 0.138. The molecule has 2 N–H and O–H groups in total.